The highest BCUT2D eigenvalue weighted by Gasteiger charge is 2.29. The van der Waals surface area contributed by atoms with Gasteiger partial charge in [0.25, 0.3) is 0 Å². The van der Waals surface area contributed by atoms with Gasteiger partial charge in [0.2, 0.25) is 15.9 Å². The molecule has 0 aliphatic carbocycles. The fourth-order valence-electron chi connectivity index (χ4n) is 3.73. The topological polar surface area (TPSA) is 69.7 Å². The number of carbonyl (C=O) groups excluding carboxylic acids is 1. The summed E-state index contributed by atoms with van der Waals surface area (Å²) in [5.74, 6) is 0.982. The largest absolute Gasteiger partial charge is 0.356 e. The van der Waals surface area contributed by atoms with Gasteiger partial charge in [0, 0.05) is 32.1 Å². The van der Waals surface area contributed by atoms with Crippen molar-refractivity contribution in [3.8, 4) is 0 Å². The second kappa shape index (κ2) is 9.15. The van der Waals surface area contributed by atoms with Crippen LogP contribution in [0.2, 0.25) is 0 Å². The van der Waals surface area contributed by atoms with Crippen LogP contribution in [0.5, 0.6) is 0 Å². The van der Waals surface area contributed by atoms with Crippen LogP contribution in [-0.4, -0.2) is 68.6 Å². The molecule has 0 saturated carbocycles. The molecule has 2 aliphatic rings. The quantitative estimate of drug-likeness (QED) is 0.696. The number of amides is 1. The van der Waals surface area contributed by atoms with E-state index in [1.165, 1.54) is 30.2 Å². The monoisotopic (exact) mass is 359 g/mol. The van der Waals surface area contributed by atoms with Crippen molar-refractivity contribution in [2.75, 3.05) is 45.0 Å². The number of hydrogen-bond donors (Lipinski definition) is 1. The fourth-order valence-corrected chi connectivity index (χ4v) is 4.86. The van der Waals surface area contributed by atoms with Crippen LogP contribution >= 0.6 is 0 Å². The van der Waals surface area contributed by atoms with Crippen LogP contribution in [-0.2, 0) is 14.8 Å². The van der Waals surface area contributed by atoms with Crippen LogP contribution in [0.25, 0.3) is 0 Å². The SMILES string of the molecule is CCS(=O)(=O)N1CCC(C(=O)NCCCN2CCC[C@H](C)C2)CC1. The standard InChI is InChI=1S/C17H33N3O3S/c1-3-24(22,23)20-12-7-16(8-13-20)17(21)18-9-5-11-19-10-4-6-15(2)14-19/h15-16H,3-14H2,1-2H3,(H,18,21)/t15-/m0/s1. The first kappa shape index (κ1) is 19.7. The molecule has 2 aliphatic heterocycles. The van der Waals surface area contributed by atoms with E-state index in [-0.39, 0.29) is 17.6 Å². The molecule has 0 bridgehead atoms. The highest BCUT2D eigenvalue weighted by Crippen LogP contribution is 2.20. The van der Waals surface area contributed by atoms with E-state index in [2.05, 4.69) is 17.1 Å². The second-order valence-corrected chi connectivity index (χ2v) is 9.52. The van der Waals surface area contributed by atoms with E-state index in [9.17, 15) is 13.2 Å². The van der Waals surface area contributed by atoms with Crippen molar-refractivity contribution in [1.82, 2.24) is 14.5 Å². The average molecular weight is 360 g/mol. The number of likely N-dealkylation sites (tertiary alicyclic amines) is 1. The summed E-state index contributed by atoms with van der Waals surface area (Å²) in [6.07, 6.45) is 4.87. The minimum atomic E-state index is -3.11. The number of hydrogen-bond acceptors (Lipinski definition) is 4. The summed E-state index contributed by atoms with van der Waals surface area (Å²) in [6, 6.07) is 0. The van der Waals surface area contributed by atoms with Crippen molar-refractivity contribution in [2.45, 2.75) is 46.0 Å². The number of nitrogens with one attached hydrogen (secondary N) is 1. The summed E-state index contributed by atoms with van der Waals surface area (Å²) in [5, 5.41) is 3.04. The number of carbonyl (C=O) groups is 1. The summed E-state index contributed by atoms with van der Waals surface area (Å²) in [5.41, 5.74) is 0. The third-order valence-electron chi connectivity index (χ3n) is 5.27. The van der Waals surface area contributed by atoms with Gasteiger partial charge in [-0.1, -0.05) is 6.92 Å². The van der Waals surface area contributed by atoms with E-state index < -0.39 is 10.0 Å². The highest BCUT2D eigenvalue weighted by molar-refractivity contribution is 7.89. The molecule has 6 nitrogen and oxygen atoms in total. The Morgan fingerprint density at radius 2 is 1.88 bits per heavy atom. The highest BCUT2D eigenvalue weighted by atomic mass is 32.2. The molecule has 2 saturated heterocycles. The molecule has 2 heterocycles. The maximum Gasteiger partial charge on any atom is 0.223 e. The lowest BCUT2D eigenvalue weighted by atomic mass is 9.97. The summed E-state index contributed by atoms with van der Waals surface area (Å²) in [7, 11) is -3.11. The van der Waals surface area contributed by atoms with Gasteiger partial charge in [-0.05, 0) is 58.0 Å². The first-order valence-corrected chi connectivity index (χ1v) is 11.0. The van der Waals surface area contributed by atoms with E-state index in [1.54, 1.807) is 6.92 Å². The van der Waals surface area contributed by atoms with Gasteiger partial charge in [0.05, 0.1) is 5.75 Å². The van der Waals surface area contributed by atoms with Gasteiger partial charge in [0.15, 0.2) is 0 Å². The Labute approximate surface area is 147 Å². The molecular formula is C17H33N3O3S. The van der Waals surface area contributed by atoms with E-state index >= 15 is 0 Å². The summed E-state index contributed by atoms with van der Waals surface area (Å²) >= 11 is 0. The van der Waals surface area contributed by atoms with Crippen molar-refractivity contribution in [2.24, 2.45) is 11.8 Å². The van der Waals surface area contributed by atoms with Crippen molar-refractivity contribution >= 4 is 15.9 Å². The Morgan fingerprint density at radius 3 is 2.50 bits per heavy atom. The molecule has 0 aromatic heterocycles. The molecule has 0 aromatic rings. The van der Waals surface area contributed by atoms with Crippen LogP contribution < -0.4 is 5.32 Å². The maximum absolute atomic E-state index is 12.2. The summed E-state index contributed by atoms with van der Waals surface area (Å²) in [4.78, 5) is 14.7. The Kier molecular flexibility index (Phi) is 7.50. The molecule has 24 heavy (non-hydrogen) atoms. The van der Waals surface area contributed by atoms with Crippen molar-refractivity contribution < 1.29 is 13.2 Å². The van der Waals surface area contributed by atoms with Gasteiger partial charge in [-0.15, -0.1) is 0 Å². The number of sulfonamides is 1. The van der Waals surface area contributed by atoms with Gasteiger partial charge >= 0.3 is 0 Å². The molecule has 1 amide bonds. The molecule has 2 fully saturated rings. The molecule has 0 spiro atoms. The van der Waals surface area contributed by atoms with Crippen LogP contribution in [0, 0.1) is 11.8 Å². The zero-order chi connectivity index (χ0) is 17.6. The molecule has 0 aromatic carbocycles. The first-order valence-electron chi connectivity index (χ1n) is 9.40. The molecule has 7 heteroatoms. The van der Waals surface area contributed by atoms with Gasteiger partial charge < -0.3 is 10.2 Å². The Hall–Kier alpha value is -0.660. The summed E-state index contributed by atoms with van der Waals surface area (Å²) < 4.78 is 25.2. The van der Waals surface area contributed by atoms with Crippen LogP contribution in [0.15, 0.2) is 0 Å². The van der Waals surface area contributed by atoms with E-state index in [1.807, 2.05) is 0 Å². The van der Waals surface area contributed by atoms with Gasteiger partial charge in [0.1, 0.15) is 0 Å². The molecule has 0 radical (unpaired) electrons. The molecule has 1 N–H and O–H groups in total. The average Bonchev–Trinajstić information content (AvgIpc) is 2.58. The van der Waals surface area contributed by atoms with E-state index in [0.717, 1.165) is 25.4 Å². The Bertz CT molecular complexity index is 501. The van der Waals surface area contributed by atoms with Gasteiger partial charge in [-0.25, -0.2) is 12.7 Å². The third kappa shape index (κ3) is 5.70. The van der Waals surface area contributed by atoms with E-state index in [4.69, 9.17) is 0 Å². The predicted molar refractivity (Wildman–Crippen MR) is 96.2 cm³/mol. The van der Waals surface area contributed by atoms with Gasteiger partial charge in [-0.2, -0.15) is 0 Å². The minimum absolute atomic E-state index is 0.0386. The minimum Gasteiger partial charge on any atom is -0.356 e. The zero-order valence-electron chi connectivity index (χ0n) is 15.2. The fraction of sp³-hybridized carbons (Fsp3) is 0.941. The lowest BCUT2D eigenvalue weighted by molar-refractivity contribution is -0.126. The van der Waals surface area contributed by atoms with Gasteiger partial charge in [-0.3, -0.25) is 4.79 Å². The molecule has 0 unspecified atom stereocenters. The van der Waals surface area contributed by atoms with Crippen molar-refractivity contribution in [1.29, 1.82) is 0 Å². The lowest BCUT2D eigenvalue weighted by Gasteiger charge is -2.31. The smallest absolute Gasteiger partial charge is 0.223 e. The second-order valence-electron chi connectivity index (χ2n) is 7.27. The Morgan fingerprint density at radius 1 is 1.17 bits per heavy atom. The molecular weight excluding hydrogens is 326 g/mol. The van der Waals surface area contributed by atoms with Crippen molar-refractivity contribution in [3.63, 3.8) is 0 Å². The number of rotatable bonds is 7. The maximum atomic E-state index is 12.2. The third-order valence-corrected chi connectivity index (χ3v) is 7.16. The molecule has 140 valence electrons. The first-order chi connectivity index (χ1) is 11.4. The van der Waals surface area contributed by atoms with Crippen LogP contribution in [0.3, 0.4) is 0 Å². The normalized spacial score (nSPS) is 24.8. The summed E-state index contributed by atoms with van der Waals surface area (Å²) in [6.45, 7) is 9.05. The molecule has 2 rings (SSSR count). The Balaban J connectivity index is 1.62. The van der Waals surface area contributed by atoms with Crippen LogP contribution in [0.1, 0.15) is 46.0 Å². The van der Waals surface area contributed by atoms with Crippen LogP contribution in [0.4, 0.5) is 0 Å². The predicted octanol–water partition coefficient (Wildman–Crippen LogP) is 1.29. The van der Waals surface area contributed by atoms with E-state index in [0.29, 0.717) is 25.9 Å². The number of piperidine rings is 2. The zero-order valence-corrected chi connectivity index (χ0v) is 16.0. The van der Waals surface area contributed by atoms with Crippen molar-refractivity contribution in [3.05, 3.63) is 0 Å². The number of nitrogens with zero attached hydrogens (tertiary/aromatic N) is 2. The molecule has 1 atom stereocenters. The lowest BCUT2D eigenvalue weighted by Crippen LogP contribution is -2.44.